The van der Waals surface area contributed by atoms with E-state index in [1.807, 2.05) is 9.80 Å². The van der Waals surface area contributed by atoms with Crippen molar-refractivity contribution >= 4 is 40.6 Å². The molecule has 3 fully saturated rings. The maximum absolute atomic E-state index is 14.1. The molecule has 4 heterocycles. The Morgan fingerprint density at radius 2 is 1.70 bits per heavy atom. The number of fused-ring (bicyclic) bond motifs is 4. The molecular formula is C25H25N5O7. The summed E-state index contributed by atoms with van der Waals surface area (Å²) in [4.78, 5) is 57.0. The molecule has 0 saturated carbocycles. The van der Waals surface area contributed by atoms with Crippen LogP contribution in [0.3, 0.4) is 0 Å². The standard InChI is InChI=1S/C25H25N5O7/c31-22-25(23(32)29(24(33)26-22)17-4-2-1-3-5-17)14-16-12-20(30(34)35)19(27-6-9-36-10-7-27)13-18(16)28-8-11-37-15-21(25)28/h1-5,12-13,21H,6-11,14-15H2,(H,26,31,33)/t21-,25-/m0/s1. The Morgan fingerprint density at radius 3 is 2.43 bits per heavy atom. The Bertz CT molecular complexity index is 1300. The second kappa shape index (κ2) is 8.82. The van der Waals surface area contributed by atoms with Crippen LogP contribution in [0.1, 0.15) is 5.56 Å². The van der Waals surface area contributed by atoms with E-state index in [4.69, 9.17) is 9.47 Å². The number of para-hydroxylation sites is 1. The summed E-state index contributed by atoms with van der Waals surface area (Å²) in [5.74, 6) is -1.39. The number of carbonyl (C=O) groups is 3. The highest BCUT2D eigenvalue weighted by atomic mass is 16.6. The van der Waals surface area contributed by atoms with Crippen LogP contribution in [0.5, 0.6) is 0 Å². The molecule has 2 aromatic rings. The summed E-state index contributed by atoms with van der Waals surface area (Å²) in [7, 11) is 0. The molecule has 0 aromatic heterocycles. The third-order valence-electron chi connectivity index (χ3n) is 7.63. The van der Waals surface area contributed by atoms with Crippen molar-refractivity contribution in [2.45, 2.75) is 12.5 Å². The predicted octanol–water partition coefficient (Wildman–Crippen LogP) is 1.46. The molecule has 2 aromatic carbocycles. The fourth-order valence-electron chi connectivity index (χ4n) is 5.86. The van der Waals surface area contributed by atoms with Gasteiger partial charge in [-0.1, -0.05) is 18.2 Å². The summed E-state index contributed by atoms with van der Waals surface area (Å²) < 4.78 is 11.2. The number of nitrogens with zero attached hydrogens (tertiary/aromatic N) is 4. The number of rotatable bonds is 3. The molecule has 37 heavy (non-hydrogen) atoms. The number of barbiturate groups is 1. The van der Waals surface area contributed by atoms with Crippen LogP contribution >= 0.6 is 0 Å². The van der Waals surface area contributed by atoms with Crippen LogP contribution in [0.15, 0.2) is 42.5 Å². The van der Waals surface area contributed by atoms with Gasteiger partial charge in [-0.15, -0.1) is 0 Å². The van der Waals surface area contributed by atoms with Crippen molar-refractivity contribution in [2.24, 2.45) is 5.41 Å². The zero-order chi connectivity index (χ0) is 25.7. The number of nitro groups is 1. The fraction of sp³-hybridized carbons (Fsp3) is 0.400. The van der Waals surface area contributed by atoms with E-state index in [2.05, 4.69) is 5.32 Å². The number of carbonyl (C=O) groups excluding carboxylic acids is 3. The van der Waals surface area contributed by atoms with Gasteiger partial charge in [0.05, 0.1) is 43.1 Å². The lowest BCUT2D eigenvalue weighted by Crippen LogP contribution is -2.74. The number of hydrogen-bond donors (Lipinski definition) is 1. The van der Waals surface area contributed by atoms with Gasteiger partial charge in [-0.2, -0.15) is 0 Å². The fourth-order valence-corrected chi connectivity index (χ4v) is 5.86. The summed E-state index contributed by atoms with van der Waals surface area (Å²) in [6.07, 6.45) is -0.0988. The smallest absolute Gasteiger partial charge is 0.335 e. The third kappa shape index (κ3) is 3.55. The molecular weight excluding hydrogens is 482 g/mol. The minimum absolute atomic E-state index is 0.0952. The van der Waals surface area contributed by atoms with E-state index in [9.17, 15) is 24.5 Å². The van der Waals surface area contributed by atoms with Crippen LogP contribution < -0.4 is 20.0 Å². The number of hydrogen-bond acceptors (Lipinski definition) is 9. The lowest BCUT2D eigenvalue weighted by molar-refractivity contribution is -0.384. The van der Waals surface area contributed by atoms with E-state index in [-0.39, 0.29) is 18.7 Å². The van der Waals surface area contributed by atoms with Crippen molar-refractivity contribution in [1.82, 2.24) is 5.32 Å². The van der Waals surface area contributed by atoms with Crippen LogP contribution in [-0.4, -0.2) is 74.9 Å². The van der Waals surface area contributed by atoms with E-state index in [0.717, 1.165) is 10.6 Å². The quantitative estimate of drug-likeness (QED) is 0.372. The SMILES string of the molecule is O=C1NC(=O)[C@@]2(Cc3cc([N+](=O)[O-])c(N4CCOCC4)cc3N3CCOC[C@H]32)C(=O)N1c1ccccc1. The average Bonchev–Trinajstić information content (AvgIpc) is 2.92. The molecule has 4 aliphatic heterocycles. The average molecular weight is 508 g/mol. The molecule has 0 unspecified atom stereocenters. The molecule has 3 saturated heterocycles. The van der Waals surface area contributed by atoms with Crippen molar-refractivity contribution in [2.75, 3.05) is 60.8 Å². The first-order valence-electron chi connectivity index (χ1n) is 12.2. The van der Waals surface area contributed by atoms with Gasteiger partial charge in [0, 0.05) is 37.8 Å². The lowest BCUT2D eigenvalue weighted by atomic mass is 9.68. The number of ether oxygens (including phenoxy) is 2. The number of morpholine rings is 2. The highest BCUT2D eigenvalue weighted by molar-refractivity contribution is 6.30. The van der Waals surface area contributed by atoms with Crippen molar-refractivity contribution < 1.29 is 28.8 Å². The molecule has 6 rings (SSSR count). The van der Waals surface area contributed by atoms with E-state index >= 15 is 0 Å². The lowest BCUT2D eigenvalue weighted by Gasteiger charge is -2.53. The van der Waals surface area contributed by atoms with Crippen molar-refractivity contribution in [3.63, 3.8) is 0 Å². The molecule has 12 nitrogen and oxygen atoms in total. The number of anilines is 3. The normalized spacial score (nSPS) is 25.6. The number of amides is 4. The second-order valence-electron chi connectivity index (χ2n) is 9.49. The number of nitrogens with one attached hydrogen (secondary N) is 1. The van der Waals surface area contributed by atoms with Gasteiger partial charge in [-0.05, 0) is 23.8 Å². The van der Waals surface area contributed by atoms with Crippen LogP contribution in [0.2, 0.25) is 0 Å². The summed E-state index contributed by atoms with van der Waals surface area (Å²) >= 11 is 0. The monoisotopic (exact) mass is 507 g/mol. The Kier molecular flexibility index (Phi) is 5.57. The van der Waals surface area contributed by atoms with E-state index in [1.165, 1.54) is 6.07 Å². The number of imide groups is 2. The molecule has 4 amide bonds. The van der Waals surface area contributed by atoms with Gasteiger partial charge in [0.15, 0.2) is 5.41 Å². The Labute approximate surface area is 211 Å². The topological polar surface area (TPSA) is 135 Å². The van der Waals surface area contributed by atoms with E-state index in [0.29, 0.717) is 56.4 Å². The second-order valence-corrected chi connectivity index (χ2v) is 9.49. The van der Waals surface area contributed by atoms with Crippen LogP contribution in [0, 0.1) is 15.5 Å². The molecule has 1 spiro atoms. The predicted molar refractivity (Wildman–Crippen MR) is 132 cm³/mol. The zero-order valence-corrected chi connectivity index (χ0v) is 19.9. The number of urea groups is 1. The van der Waals surface area contributed by atoms with Crippen molar-refractivity contribution in [1.29, 1.82) is 0 Å². The van der Waals surface area contributed by atoms with Crippen LogP contribution in [0.4, 0.5) is 27.5 Å². The summed E-state index contributed by atoms with van der Waals surface area (Å²) in [5.41, 5.74) is 0.254. The maximum Gasteiger partial charge on any atom is 0.335 e. The Balaban J connectivity index is 1.50. The minimum atomic E-state index is -1.70. The van der Waals surface area contributed by atoms with Gasteiger partial charge in [-0.25, -0.2) is 9.69 Å². The minimum Gasteiger partial charge on any atom is -0.378 e. The van der Waals surface area contributed by atoms with Gasteiger partial charge >= 0.3 is 6.03 Å². The summed E-state index contributed by atoms with van der Waals surface area (Å²) in [6.45, 7) is 2.83. The molecule has 4 aliphatic rings. The third-order valence-corrected chi connectivity index (χ3v) is 7.63. The molecule has 1 N–H and O–H groups in total. The first-order chi connectivity index (χ1) is 17.9. The first-order valence-corrected chi connectivity index (χ1v) is 12.2. The highest BCUT2D eigenvalue weighted by Crippen LogP contribution is 2.49. The molecule has 0 aliphatic carbocycles. The highest BCUT2D eigenvalue weighted by Gasteiger charge is 2.63. The van der Waals surface area contributed by atoms with Crippen molar-refractivity contribution in [3.05, 3.63) is 58.1 Å². The largest absolute Gasteiger partial charge is 0.378 e. The Morgan fingerprint density at radius 1 is 0.973 bits per heavy atom. The molecule has 12 heteroatoms. The summed E-state index contributed by atoms with van der Waals surface area (Å²) in [6, 6.07) is 10.1. The van der Waals surface area contributed by atoms with Gasteiger partial charge in [0.25, 0.3) is 11.6 Å². The maximum atomic E-state index is 14.1. The molecule has 192 valence electrons. The van der Waals surface area contributed by atoms with Gasteiger partial charge in [-0.3, -0.25) is 25.0 Å². The Hall–Kier alpha value is -4.03. The van der Waals surface area contributed by atoms with E-state index in [1.54, 1.807) is 36.4 Å². The zero-order valence-electron chi connectivity index (χ0n) is 19.9. The van der Waals surface area contributed by atoms with Gasteiger partial charge in [0.2, 0.25) is 5.91 Å². The van der Waals surface area contributed by atoms with Crippen molar-refractivity contribution in [3.8, 4) is 0 Å². The number of nitro benzene ring substituents is 1. The van der Waals surface area contributed by atoms with Crippen LogP contribution in [-0.2, 0) is 25.5 Å². The molecule has 0 bridgehead atoms. The van der Waals surface area contributed by atoms with Crippen LogP contribution in [0.25, 0.3) is 0 Å². The number of benzene rings is 2. The molecule has 2 atom stereocenters. The first kappa shape index (κ1) is 23.4. The molecule has 0 radical (unpaired) electrons. The van der Waals surface area contributed by atoms with Gasteiger partial charge < -0.3 is 19.3 Å². The van der Waals surface area contributed by atoms with Gasteiger partial charge in [0.1, 0.15) is 5.69 Å². The van der Waals surface area contributed by atoms with E-state index < -0.39 is 34.2 Å². The summed E-state index contributed by atoms with van der Waals surface area (Å²) in [5, 5.41) is 14.5.